The number of hydrogen-bond acceptors (Lipinski definition) is 6. The molecule has 25 heavy (non-hydrogen) atoms. The zero-order valence-corrected chi connectivity index (χ0v) is 14.6. The highest BCUT2D eigenvalue weighted by atomic mass is 32.1. The van der Waals surface area contributed by atoms with Crippen LogP contribution in [0.25, 0.3) is 10.6 Å². The van der Waals surface area contributed by atoms with Gasteiger partial charge < -0.3 is 15.6 Å². The van der Waals surface area contributed by atoms with Crippen molar-refractivity contribution in [3.63, 3.8) is 0 Å². The number of ether oxygens (including phenoxy) is 1. The van der Waals surface area contributed by atoms with E-state index in [0.717, 1.165) is 11.3 Å². The van der Waals surface area contributed by atoms with Gasteiger partial charge in [0.1, 0.15) is 15.6 Å². The van der Waals surface area contributed by atoms with Gasteiger partial charge in [0.05, 0.1) is 0 Å². The molecule has 0 saturated carbocycles. The van der Waals surface area contributed by atoms with E-state index in [0.29, 0.717) is 10.6 Å². The topological polar surface area (TPSA) is 132 Å². The molecule has 9 heteroatoms. The van der Waals surface area contributed by atoms with Crippen molar-refractivity contribution in [2.75, 3.05) is 5.32 Å². The summed E-state index contributed by atoms with van der Waals surface area (Å²) in [7, 11) is 0. The second-order valence-electron chi connectivity index (χ2n) is 6.07. The van der Waals surface area contributed by atoms with Crippen LogP contribution in [0, 0.1) is 0 Å². The number of carboxylic acid groups (broad SMARTS) is 1. The Labute approximate surface area is 147 Å². The fourth-order valence-electron chi connectivity index (χ4n) is 1.88. The third-order valence-corrected chi connectivity index (χ3v) is 3.86. The van der Waals surface area contributed by atoms with Gasteiger partial charge in [-0.1, -0.05) is 23.5 Å². The fourth-order valence-corrected chi connectivity index (χ4v) is 2.81. The average Bonchev–Trinajstić information content (AvgIpc) is 2.89. The number of aromatic nitrogens is 1. The number of amides is 2. The quantitative estimate of drug-likeness (QED) is 0.765. The maximum atomic E-state index is 11.9. The van der Waals surface area contributed by atoms with Crippen LogP contribution >= 0.6 is 11.3 Å². The van der Waals surface area contributed by atoms with Crippen LogP contribution in [0.15, 0.2) is 24.3 Å². The Morgan fingerprint density at radius 3 is 2.52 bits per heavy atom. The zero-order valence-electron chi connectivity index (χ0n) is 13.8. The molecule has 8 nitrogen and oxygen atoms in total. The van der Waals surface area contributed by atoms with E-state index in [1.54, 1.807) is 32.9 Å². The summed E-state index contributed by atoms with van der Waals surface area (Å²) in [6, 6.07) is 6.31. The summed E-state index contributed by atoms with van der Waals surface area (Å²) in [5.41, 5.74) is 4.99. The molecule has 0 unspecified atom stereocenters. The van der Waals surface area contributed by atoms with Crippen molar-refractivity contribution in [1.82, 2.24) is 4.98 Å². The maximum absolute atomic E-state index is 11.9. The molecule has 1 aromatic carbocycles. The normalized spacial score (nSPS) is 11.0. The van der Waals surface area contributed by atoms with Gasteiger partial charge in [0.25, 0.3) is 0 Å². The van der Waals surface area contributed by atoms with Gasteiger partial charge in [-0.15, -0.1) is 0 Å². The van der Waals surface area contributed by atoms with Crippen LogP contribution in [-0.4, -0.2) is 33.7 Å². The number of aromatic carboxylic acids is 1. The minimum Gasteiger partial charge on any atom is -0.476 e. The largest absolute Gasteiger partial charge is 0.476 e. The third-order valence-electron chi connectivity index (χ3n) is 2.84. The Kier molecular flexibility index (Phi) is 5.07. The van der Waals surface area contributed by atoms with Crippen LogP contribution in [0.2, 0.25) is 0 Å². The summed E-state index contributed by atoms with van der Waals surface area (Å²) >= 11 is 0.960. The van der Waals surface area contributed by atoms with Crippen molar-refractivity contribution in [1.29, 1.82) is 0 Å². The number of rotatable bonds is 4. The molecule has 4 N–H and O–H groups in total. The van der Waals surface area contributed by atoms with E-state index in [-0.39, 0.29) is 16.3 Å². The number of carbonyl (C=O) groups is 3. The molecule has 1 heterocycles. The first kappa shape index (κ1) is 18.4. The summed E-state index contributed by atoms with van der Waals surface area (Å²) in [4.78, 5) is 38.6. The van der Waals surface area contributed by atoms with E-state index >= 15 is 0 Å². The predicted octanol–water partition coefficient (Wildman–Crippen LogP) is 2.95. The van der Waals surface area contributed by atoms with Crippen molar-refractivity contribution in [2.24, 2.45) is 5.73 Å². The summed E-state index contributed by atoms with van der Waals surface area (Å²) in [5.74, 6) is -1.90. The number of nitrogens with one attached hydrogen (secondary N) is 1. The Morgan fingerprint density at radius 2 is 1.96 bits per heavy atom. The van der Waals surface area contributed by atoms with Crippen LogP contribution in [0.3, 0.4) is 0 Å². The Hall–Kier alpha value is -2.94. The van der Waals surface area contributed by atoms with E-state index in [1.807, 2.05) is 0 Å². The molecular weight excluding hydrogens is 346 g/mol. The third kappa shape index (κ3) is 4.77. The molecule has 0 fully saturated rings. The molecule has 0 radical (unpaired) electrons. The number of thiazole rings is 1. The number of anilines is 1. The van der Waals surface area contributed by atoms with Crippen LogP contribution < -0.4 is 11.1 Å². The molecule has 0 aliphatic heterocycles. The summed E-state index contributed by atoms with van der Waals surface area (Å²) in [5, 5.41) is 12.1. The minimum atomic E-state index is -1.29. The molecule has 2 rings (SSSR count). The zero-order chi connectivity index (χ0) is 18.8. The van der Waals surface area contributed by atoms with Gasteiger partial charge >= 0.3 is 12.1 Å². The minimum absolute atomic E-state index is 0.0428. The second-order valence-corrected chi connectivity index (χ2v) is 7.07. The first-order chi connectivity index (χ1) is 11.6. The lowest BCUT2D eigenvalue weighted by molar-refractivity contribution is 0.0636. The number of nitrogens with zero attached hydrogens (tertiary/aromatic N) is 1. The summed E-state index contributed by atoms with van der Waals surface area (Å²) < 4.78 is 5.12. The monoisotopic (exact) mass is 363 g/mol. The second kappa shape index (κ2) is 6.89. The molecule has 0 saturated heterocycles. The van der Waals surface area contributed by atoms with Crippen molar-refractivity contribution in [3.05, 3.63) is 35.5 Å². The molecule has 0 aliphatic carbocycles. The first-order valence-corrected chi connectivity index (χ1v) is 8.03. The Morgan fingerprint density at radius 1 is 1.28 bits per heavy atom. The van der Waals surface area contributed by atoms with Crippen LogP contribution in [0.4, 0.5) is 9.80 Å². The number of nitrogens with two attached hydrogens (primary N) is 1. The molecular formula is C16H17N3O5S. The van der Waals surface area contributed by atoms with Crippen molar-refractivity contribution >= 4 is 34.3 Å². The number of primary amides is 1. The highest BCUT2D eigenvalue weighted by molar-refractivity contribution is 7.19. The Balaban J connectivity index is 2.37. The van der Waals surface area contributed by atoms with E-state index in [9.17, 15) is 19.5 Å². The molecule has 1 aromatic heterocycles. The van der Waals surface area contributed by atoms with Gasteiger partial charge in [0.2, 0.25) is 5.91 Å². The summed E-state index contributed by atoms with van der Waals surface area (Å²) in [6.07, 6.45) is -0.781. The van der Waals surface area contributed by atoms with Gasteiger partial charge in [0, 0.05) is 11.1 Å². The molecule has 0 aliphatic rings. The molecule has 0 atom stereocenters. The molecule has 2 amide bonds. The fraction of sp³-hybridized carbons (Fsp3) is 0.250. The van der Waals surface area contributed by atoms with E-state index in [1.165, 1.54) is 12.1 Å². The van der Waals surface area contributed by atoms with Gasteiger partial charge in [-0.3, -0.25) is 10.1 Å². The van der Waals surface area contributed by atoms with Crippen molar-refractivity contribution in [3.8, 4) is 10.6 Å². The van der Waals surface area contributed by atoms with Gasteiger partial charge in [-0.05, 0) is 32.9 Å². The lowest BCUT2D eigenvalue weighted by atomic mass is 10.1. The summed E-state index contributed by atoms with van der Waals surface area (Å²) in [6.45, 7) is 5.08. The number of benzene rings is 1. The highest BCUT2D eigenvalue weighted by Crippen LogP contribution is 2.33. The first-order valence-electron chi connectivity index (χ1n) is 7.21. The number of carboxylic acids is 1. The van der Waals surface area contributed by atoms with Gasteiger partial charge in [0.15, 0.2) is 5.69 Å². The lowest BCUT2D eigenvalue weighted by Gasteiger charge is -2.19. The molecule has 132 valence electrons. The van der Waals surface area contributed by atoms with Crippen molar-refractivity contribution in [2.45, 2.75) is 26.4 Å². The standard InChI is InChI=1S/C16H17N3O5S/c1-16(2,3)24-15(23)19-13-10(14(21)22)18-12(25-13)9-6-4-5-8(7-9)11(17)20/h4-7H,1-3H3,(H2,17,20)(H,19,23)(H,21,22). The lowest BCUT2D eigenvalue weighted by Crippen LogP contribution is -2.27. The number of carbonyl (C=O) groups excluding carboxylic acids is 2. The SMILES string of the molecule is CC(C)(C)OC(=O)Nc1sc(-c2cccc(C(N)=O)c2)nc1C(=O)O. The maximum Gasteiger partial charge on any atom is 0.412 e. The van der Waals surface area contributed by atoms with E-state index in [4.69, 9.17) is 10.5 Å². The van der Waals surface area contributed by atoms with Crippen LogP contribution in [0.5, 0.6) is 0 Å². The molecule has 0 spiro atoms. The predicted molar refractivity (Wildman–Crippen MR) is 92.9 cm³/mol. The van der Waals surface area contributed by atoms with Gasteiger partial charge in [-0.25, -0.2) is 14.6 Å². The smallest absolute Gasteiger partial charge is 0.412 e. The number of hydrogen-bond donors (Lipinski definition) is 3. The Bertz CT molecular complexity index is 839. The van der Waals surface area contributed by atoms with Crippen LogP contribution in [-0.2, 0) is 4.74 Å². The average molecular weight is 363 g/mol. The molecule has 2 aromatic rings. The van der Waals surface area contributed by atoms with E-state index < -0.39 is 23.6 Å². The van der Waals surface area contributed by atoms with Crippen molar-refractivity contribution < 1.29 is 24.2 Å². The molecule has 0 bridgehead atoms. The highest BCUT2D eigenvalue weighted by Gasteiger charge is 2.23. The van der Waals surface area contributed by atoms with E-state index in [2.05, 4.69) is 10.3 Å². The van der Waals surface area contributed by atoms with Crippen LogP contribution in [0.1, 0.15) is 41.6 Å². The van der Waals surface area contributed by atoms with Gasteiger partial charge in [-0.2, -0.15) is 0 Å².